The van der Waals surface area contributed by atoms with Crippen molar-refractivity contribution in [1.82, 2.24) is 0 Å². The van der Waals surface area contributed by atoms with E-state index in [0.717, 1.165) is 0 Å². The van der Waals surface area contributed by atoms with Crippen LogP contribution in [0.2, 0.25) is 5.02 Å². The number of amides is 1. The van der Waals surface area contributed by atoms with E-state index in [2.05, 4.69) is 21.2 Å². The van der Waals surface area contributed by atoms with Gasteiger partial charge >= 0.3 is 0 Å². The number of hydrogen-bond acceptors (Lipinski definition) is 3. The predicted octanol–water partition coefficient (Wildman–Crippen LogP) is 3.89. The maximum atomic E-state index is 12.4. The minimum Gasteiger partial charge on any atom is -0.322 e. The van der Waals surface area contributed by atoms with Gasteiger partial charge in [0.15, 0.2) is 0 Å². The lowest BCUT2D eigenvalue weighted by Gasteiger charge is -2.18. The Kier molecular flexibility index (Phi) is 4.85. The van der Waals surface area contributed by atoms with Crippen LogP contribution in [0.3, 0.4) is 0 Å². The van der Waals surface area contributed by atoms with Crippen molar-refractivity contribution in [3.8, 4) is 0 Å². The van der Waals surface area contributed by atoms with Gasteiger partial charge in [-0.2, -0.15) is 0 Å². The molecule has 3 rings (SSSR count). The van der Waals surface area contributed by atoms with Crippen LogP contribution >= 0.6 is 27.5 Å². The minimum atomic E-state index is -3.25. The van der Waals surface area contributed by atoms with Crippen LogP contribution in [0.5, 0.6) is 0 Å². The summed E-state index contributed by atoms with van der Waals surface area (Å²) in [6.07, 6.45) is 0.606. The molecule has 0 bridgehead atoms. The van der Waals surface area contributed by atoms with E-state index in [9.17, 15) is 13.2 Å². The van der Waals surface area contributed by atoms with Gasteiger partial charge in [-0.25, -0.2) is 8.42 Å². The van der Waals surface area contributed by atoms with Crippen molar-refractivity contribution in [2.75, 3.05) is 21.9 Å². The largest absolute Gasteiger partial charge is 0.322 e. The maximum absolute atomic E-state index is 12.4. The fourth-order valence-corrected chi connectivity index (χ4v) is 4.69. The third kappa shape index (κ3) is 3.58. The summed E-state index contributed by atoms with van der Waals surface area (Å²) in [7, 11) is -3.25. The number of hydrogen-bond donors (Lipinski definition) is 1. The SMILES string of the molecule is O=C(Nc1cccc(N2CCCS2(=O)=O)c1)c1cc(Cl)ccc1Br. The summed E-state index contributed by atoms with van der Waals surface area (Å²) >= 11 is 9.25. The highest BCUT2D eigenvalue weighted by molar-refractivity contribution is 9.10. The van der Waals surface area contributed by atoms with E-state index in [1.165, 1.54) is 4.31 Å². The van der Waals surface area contributed by atoms with E-state index in [1.807, 2.05) is 0 Å². The Balaban J connectivity index is 1.85. The molecule has 0 aliphatic carbocycles. The zero-order valence-electron chi connectivity index (χ0n) is 12.5. The van der Waals surface area contributed by atoms with E-state index >= 15 is 0 Å². The minimum absolute atomic E-state index is 0.152. The summed E-state index contributed by atoms with van der Waals surface area (Å²) in [5, 5.41) is 3.23. The van der Waals surface area contributed by atoms with Gasteiger partial charge in [0, 0.05) is 21.7 Å². The van der Waals surface area contributed by atoms with E-state index in [4.69, 9.17) is 11.6 Å². The highest BCUT2D eigenvalue weighted by Crippen LogP contribution is 2.27. The molecule has 24 heavy (non-hydrogen) atoms. The molecule has 5 nitrogen and oxygen atoms in total. The lowest BCUT2D eigenvalue weighted by atomic mass is 10.2. The Morgan fingerprint density at radius 3 is 2.71 bits per heavy atom. The number of halogens is 2. The molecule has 1 aliphatic rings. The molecule has 1 aliphatic heterocycles. The van der Waals surface area contributed by atoms with Crippen molar-refractivity contribution in [2.24, 2.45) is 0 Å². The molecule has 2 aromatic carbocycles. The highest BCUT2D eigenvalue weighted by Gasteiger charge is 2.28. The lowest BCUT2D eigenvalue weighted by Crippen LogP contribution is -2.25. The molecule has 1 heterocycles. The molecule has 126 valence electrons. The van der Waals surface area contributed by atoms with Gasteiger partial charge in [-0.3, -0.25) is 9.10 Å². The van der Waals surface area contributed by atoms with E-state index in [1.54, 1.807) is 42.5 Å². The summed E-state index contributed by atoms with van der Waals surface area (Å²) in [5.74, 6) is -0.176. The molecule has 1 amide bonds. The van der Waals surface area contributed by atoms with Crippen LogP contribution in [-0.4, -0.2) is 26.6 Å². The Morgan fingerprint density at radius 2 is 2.00 bits per heavy atom. The molecule has 0 atom stereocenters. The van der Waals surface area contributed by atoms with Gasteiger partial charge in [-0.15, -0.1) is 0 Å². The number of nitrogens with one attached hydrogen (secondary N) is 1. The Morgan fingerprint density at radius 1 is 1.21 bits per heavy atom. The summed E-state index contributed by atoms with van der Waals surface area (Å²) in [4.78, 5) is 12.4. The normalized spacial score (nSPS) is 16.2. The summed E-state index contributed by atoms with van der Waals surface area (Å²) in [5.41, 5.74) is 1.48. The average molecular weight is 430 g/mol. The van der Waals surface area contributed by atoms with Gasteiger partial charge in [0.1, 0.15) is 0 Å². The third-order valence-corrected chi connectivity index (χ3v) is 6.46. The molecule has 0 radical (unpaired) electrons. The summed E-state index contributed by atoms with van der Waals surface area (Å²) in [6, 6.07) is 11.7. The number of rotatable bonds is 3. The third-order valence-electron chi connectivity index (χ3n) is 3.66. The molecule has 0 aromatic heterocycles. The molecule has 0 saturated carbocycles. The first kappa shape index (κ1) is 17.3. The first-order valence-electron chi connectivity index (χ1n) is 7.24. The lowest BCUT2D eigenvalue weighted by molar-refractivity contribution is 0.102. The van der Waals surface area contributed by atoms with E-state index in [0.29, 0.717) is 39.4 Å². The molecule has 2 aromatic rings. The highest BCUT2D eigenvalue weighted by atomic mass is 79.9. The Labute approximate surface area is 153 Å². The maximum Gasteiger partial charge on any atom is 0.256 e. The zero-order valence-corrected chi connectivity index (χ0v) is 15.7. The van der Waals surface area contributed by atoms with Crippen molar-refractivity contribution < 1.29 is 13.2 Å². The number of benzene rings is 2. The fourth-order valence-electron chi connectivity index (χ4n) is 2.54. The van der Waals surface area contributed by atoms with Crippen molar-refractivity contribution in [3.63, 3.8) is 0 Å². The first-order chi connectivity index (χ1) is 11.4. The average Bonchev–Trinajstić information content (AvgIpc) is 2.89. The summed E-state index contributed by atoms with van der Waals surface area (Å²) < 4.78 is 26.0. The van der Waals surface area contributed by atoms with Crippen molar-refractivity contribution in [3.05, 3.63) is 57.5 Å². The number of carbonyl (C=O) groups excluding carboxylic acids is 1. The number of carbonyl (C=O) groups is 1. The first-order valence-corrected chi connectivity index (χ1v) is 10.0. The number of sulfonamides is 1. The van der Waals surface area contributed by atoms with Crippen LogP contribution in [0.15, 0.2) is 46.9 Å². The quantitative estimate of drug-likeness (QED) is 0.805. The van der Waals surface area contributed by atoms with E-state index in [-0.39, 0.29) is 11.7 Å². The van der Waals surface area contributed by atoms with Crippen LogP contribution < -0.4 is 9.62 Å². The molecule has 1 fully saturated rings. The predicted molar refractivity (Wildman–Crippen MR) is 99.3 cm³/mol. The zero-order chi connectivity index (χ0) is 17.3. The van der Waals surface area contributed by atoms with Crippen LogP contribution in [0.1, 0.15) is 16.8 Å². The molecule has 0 unspecified atom stereocenters. The van der Waals surface area contributed by atoms with Crippen LogP contribution in [0.25, 0.3) is 0 Å². The van der Waals surface area contributed by atoms with Gasteiger partial charge in [0.05, 0.1) is 17.0 Å². The van der Waals surface area contributed by atoms with Gasteiger partial charge in [-0.1, -0.05) is 17.7 Å². The van der Waals surface area contributed by atoms with Crippen molar-refractivity contribution in [1.29, 1.82) is 0 Å². The van der Waals surface area contributed by atoms with Gasteiger partial charge in [0.2, 0.25) is 10.0 Å². The Bertz CT molecular complexity index is 902. The molecule has 1 N–H and O–H groups in total. The van der Waals surface area contributed by atoms with Crippen LogP contribution in [-0.2, 0) is 10.0 Å². The monoisotopic (exact) mass is 428 g/mol. The molecule has 8 heteroatoms. The summed E-state index contributed by atoms with van der Waals surface area (Å²) in [6.45, 7) is 0.458. The molecule has 0 spiro atoms. The number of nitrogens with zero attached hydrogens (tertiary/aromatic N) is 1. The molecular formula is C16H14BrClN2O3S. The van der Waals surface area contributed by atoms with Crippen molar-refractivity contribution >= 4 is 54.8 Å². The fraction of sp³-hybridized carbons (Fsp3) is 0.188. The van der Waals surface area contributed by atoms with E-state index < -0.39 is 10.0 Å². The smallest absolute Gasteiger partial charge is 0.256 e. The van der Waals surface area contributed by atoms with Gasteiger partial charge < -0.3 is 5.32 Å². The second-order valence-electron chi connectivity index (χ2n) is 5.37. The Hall–Kier alpha value is -1.57. The number of anilines is 2. The standard InChI is InChI=1S/C16H14BrClN2O3S/c17-15-6-5-11(18)9-14(15)16(21)19-12-3-1-4-13(10-12)20-7-2-8-24(20,22)23/h1,3-6,9-10H,2,7-8H2,(H,19,21). The second-order valence-corrected chi connectivity index (χ2v) is 8.67. The van der Waals surface area contributed by atoms with Crippen molar-refractivity contribution in [2.45, 2.75) is 6.42 Å². The van der Waals surface area contributed by atoms with Gasteiger partial charge in [-0.05, 0) is 58.7 Å². The van der Waals surface area contributed by atoms with Gasteiger partial charge in [0.25, 0.3) is 5.91 Å². The topological polar surface area (TPSA) is 66.5 Å². The molecular weight excluding hydrogens is 416 g/mol. The molecule has 1 saturated heterocycles. The second kappa shape index (κ2) is 6.74. The van der Waals surface area contributed by atoms with Crippen LogP contribution in [0.4, 0.5) is 11.4 Å². The van der Waals surface area contributed by atoms with Crippen LogP contribution in [0, 0.1) is 0 Å².